The maximum atomic E-state index is 13.1. The summed E-state index contributed by atoms with van der Waals surface area (Å²) in [6, 6.07) is 11.6. The summed E-state index contributed by atoms with van der Waals surface area (Å²) in [6.07, 6.45) is 0. The summed E-state index contributed by atoms with van der Waals surface area (Å²) < 4.78 is 27.1. The van der Waals surface area contributed by atoms with E-state index in [-0.39, 0.29) is 5.91 Å². The first kappa shape index (κ1) is 18.3. The number of carbonyl (C=O) groups excluding carboxylic acids is 1. The first-order valence-corrected chi connectivity index (χ1v) is 9.82. The zero-order chi connectivity index (χ0) is 19.8. The second kappa shape index (κ2) is 7.24. The van der Waals surface area contributed by atoms with Crippen molar-refractivity contribution >= 4 is 11.6 Å². The fourth-order valence-electron chi connectivity index (χ4n) is 4.26. The molecule has 152 valence electrons. The van der Waals surface area contributed by atoms with Gasteiger partial charge >= 0.3 is 0 Å². The Morgan fingerprint density at radius 2 is 1.45 bits per heavy atom. The minimum Gasteiger partial charge on any atom is -0.491 e. The quantitative estimate of drug-likeness (QED) is 0.679. The molecule has 4 aliphatic heterocycles. The second-order valence-electron chi connectivity index (χ2n) is 7.29. The van der Waals surface area contributed by atoms with Crippen LogP contribution in [0.4, 0.5) is 5.69 Å². The third-order valence-electron chi connectivity index (χ3n) is 5.69. The van der Waals surface area contributed by atoms with Crippen molar-refractivity contribution in [3.05, 3.63) is 47.5 Å². The Labute approximate surface area is 169 Å². The topological polar surface area (TPSA) is 66.5 Å². The molecule has 4 aliphatic rings. The summed E-state index contributed by atoms with van der Waals surface area (Å²) in [7, 11) is 1.81. The van der Waals surface area contributed by atoms with Gasteiger partial charge in [-0.25, -0.2) is 0 Å². The highest BCUT2D eigenvalue weighted by Crippen LogP contribution is 2.54. The molecule has 2 aromatic rings. The van der Waals surface area contributed by atoms with E-state index in [4.69, 9.17) is 23.7 Å². The SMILES string of the molecule is C1COCCO1.CN1C(=O)[C@]2(COc3cc4c(cc32)OCCO4)c2ccccc21. The summed E-state index contributed by atoms with van der Waals surface area (Å²) in [6.45, 7) is 4.47. The molecule has 0 aromatic heterocycles. The van der Waals surface area contributed by atoms with Crippen molar-refractivity contribution in [3.8, 4) is 17.2 Å². The number of benzene rings is 2. The van der Waals surface area contributed by atoms with Crippen LogP contribution >= 0.6 is 0 Å². The number of carbonyl (C=O) groups is 1. The molecule has 0 unspecified atom stereocenters. The molecule has 1 saturated heterocycles. The molecule has 0 saturated carbocycles. The van der Waals surface area contributed by atoms with E-state index in [0.717, 1.165) is 43.2 Å². The summed E-state index contributed by atoms with van der Waals surface area (Å²) in [5.41, 5.74) is 2.01. The molecule has 1 amide bonds. The van der Waals surface area contributed by atoms with Crippen LogP contribution in [-0.2, 0) is 19.7 Å². The Kier molecular flexibility index (Phi) is 4.56. The van der Waals surface area contributed by atoms with Gasteiger partial charge in [-0.1, -0.05) is 18.2 Å². The summed E-state index contributed by atoms with van der Waals surface area (Å²) >= 11 is 0. The van der Waals surface area contributed by atoms with Crippen molar-refractivity contribution in [2.75, 3.05) is 58.2 Å². The van der Waals surface area contributed by atoms with Crippen molar-refractivity contribution in [2.45, 2.75) is 5.41 Å². The van der Waals surface area contributed by atoms with E-state index in [1.165, 1.54) is 0 Å². The Hall–Kier alpha value is -2.77. The Morgan fingerprint density at radius 3 is 2.14 bits per heavy atom. The molecule has 6 rings (SSSR count). The van der Waals surface area contributed by atoms with E-state index < -0.39 is 5.41 Å². The standard InChI is InChI=1S/C18H15NO4.C4H8O2/c1-19-13-5-3-2-4-11(13)18(17(19)20)10-23-14-9-16-15(8-12(14)18)21-6-7-22-16;1-2-6-4-3-5-1/h2-5,8-9H,6-7,10H2,1H3;1-4H2/t18-;/m1./s1. The Bertz CT molecular complexity index is 929. The first-order valence-electron chi connectivity index (χ1n) is 9.82. The number of likely N-dealkylation sites (N-methyl/N-ethyl adjacent to an activating group) is 1. The molecular weight excluding hydrogens is 374 g/mol. The minimum absolute atomic E-state index is 0.0362. The van der Waals surface area contributed by atoms with Crippen LogP contribution in [0, 0.1) is 0 Å². The number of fused-ring (bicyclic) bond motifs is 5. The number of hydrogen-bond acceptors (Lipinski definition) is 6. The molecule has 0 N–H and O–H groups in total. The zero-order valence-corrected chi connectivity index (χ0v) is 16.3. The van der Waals surface area contributed by atoms with Crippen molar-refractivity contribution < 1.29 is 28.5 Å². The predicted octanol–water partition coefficient (Wildman–Crippen LogP) is 2.15. The van der Waals surface area contributed by atoms with Crippen molar-refractivity contribution in [3.63, 3.8) is 0 Å². The van der Waals surface area contributed by atoms with Gasteiger partial charge < -0.3 is 28.6 Å². The molecule has 4 heterocycles. The fraction of sp³-hybridized carbons (Fsp3) is 0.409. The third-order valence-corrected chi connectivity index (χ3v) is 5.69. The monoisotopic (exact) mass is 397 g/mol. The number of para-hydroxylation sites is 1. The fourth-order valence-corrected chi connectivity index (χ4v) is 4.26. The highest BCUT2D eigenvalue weighted by Gasteiger charge is 2.56. The molecule has 0 bridgehead atoms. The molecule has 7 nitrogen and oxygen atoms in total. The summed E-state index contributed by atoms with van der Waals surface area (Å²) in [4.78, 5) is 14.8. The number of nitrogens with zero attached hydrogens (tertiary/aromatic N) is 1. The zero-order valence-electron chi connectivity index (χ0n) is 16.3. The van der Waals surface area contributed by atoms with Gasteiger partial charge in [-0.2, -0.15) is 0 Å². The molecule has 0 radical (unpaired) electrons. The van der Waals surface area contributed by atoms with Gasteiger partial charge in [0.1, 0.15) is 31.0 Å². The van der Waals surface area contributed by atoms with Gasteiger partial charge in [-0.05, 0) is 17.7 Å². The molecule has 1 spiro atoms. The molecular formula is C22H23NO6. The number of hydrogen-bond donors (Lipinski definition) is 0. The smallest absolute Gasteiger partial charge is 0.245 e. The largest absolute Gasteiger partial charge is 0.491 e. The van der Waals surface area contributed by atoms with Crippen molar-refractivity contribution in [1.29, 1.82) is 0 Å². The van der Waals surface area contributed by atoms with E-state index in [1.54, 1.807) is 4.90 Å². The Morgan fingerprint density at radius 1 is 0.793 bits per heavy atom. The molecule has 0 aliphatic carbocycles. The number of anilines is 1. The van der Waals surface area contributed by atoms with Gasteiger partial charge in [-0.3, -0.25) is 4.79 Å². The number of rotatable bonds is 0. The van der Waals surface area contributed by atoms with Crippen LogP contribution in [0.5, 0.6) is 17.2 Å². The van der Waals surface area contributed by atoms with Crippen molar-refractivity contribution in [1.82, 2.24) is 0 Å². The van der Waals surface area contributed by atoms with E-state index in [0.29, 0.717) is 37.1 Å². The average Bonchev–Trinajstić information content (AvgIpc) is 3.26. The van der Waals surface area contributed by atoms with Gasteiger partial charge in [0.15, 0.2) is 11.5 Å². The second-order valence-corrected chi connectivity index (χ2v) is 7.29. The third kappa shape index (κ3) is 2.84. The summed E-state index contributed by atoms with van der Waals surface area (Å²) in [5, 5.41) is 0. The predicted molar refractivity (Wildman–Crippen MR) is 105 cm³/mol. The molecule has 1 fully saturated rings. The van der Waals surface area contributed by atoms with Crippen molar-refractivity contribution in [2.24, 2.45) is 0 Å². The minimum atomic E-state index is -0.781. The lowest BCUT2D eigenvalue weighted by Crippen LogP contribution is -2.41. The first-order chi connectivity index (χ1) is 14.2. The van der Waals surface area contributed by atoms with E-state index in [1.807, 2.05) is 43.4 Å². The van der Waals surface area contributed by atoms with Gasteiger partial charge in [0, 0.05) is 24.4 Å². The maximum Gasteiger partial charge on any atom is 0.245 e. The van der Waals surface area contributed by atoms with Crippen LogP contribution in [-0.4, -0.2) is 59.2 Å². The lowest BCUT2D eigenvalue weighted by molar-refractivity contribution is -0.121. The van der Waals surface area contributed by atoms with Crippen LogP contribution in [0.2, 0.25) is 0 Å². The van der Waals surface area contributed by atoms with Gasteiger partial charge in [0.2, 0.25) is 5.91 Å². The van der Waals surface area contributed by atoms with Crippen LogP contribution in [0.15, 0.2) is 36.4 Å². The van der Waals surface area contributed by atoms with Crippen LogP contribution in [0.25, 0.3) is 0 Å². The lowest BCUT2D eigenvalue weighted by atomic mass is 9.77. The number of ether oxygens (including phenoxy) is 5. The van der Waals surface area contributed by atoms with Crippen LogP contribution in [0.3, 0.4) is 0 Å². The Balaban J connectivity index is 0.000000262. The van der Waals surface area contributed by atoms with Gasteiger partial charge in [0.05, 0.1) is 26.4 Å². The molecule has 1 atom stereocenters. The normalized spacial score (nSPS) is 23.8. The van der Waals surface area contributed by atoms with Crippen LogP contribution < -0.4 is 19.1 Å². The van der Waals surface area contributed by atoms with E-state index >= 15 is 0 Å². The molecule has 7 heteroatoms. The highest BCUT2D eigenvalue weighted by molar-refractivity contribution is 6.11. The van der Waals surface area contributed by atoms with Crippen LogP contribution in [0.1, 0.15) is 11.1 Å². The molecule has 2 aromatic carbocycles. The van der Waals surface area contributed by atoms with E-state index in [2.05, 4.69) is 0 Å². The summed E-state index contributed by atoms with van der Waals surface area (Å²) in [5.74, 6) is 2.10. The van der Waals surface area contributed by atoms with E-state index in [9.17, 15) is 4.79 Å². The average molecular weight is 397 g/mol. The van der Waals surface area contributed by atoms with Gasteiger partial charge in [-0.15, -0.1) is 0 Å². The molecule has 29 heavy (non-hydrogen) atoms. The van der Waals surface area contributed by atoms with Gasteiger partial charge in [0.25, 0.3) is 0 Å². The highest BCUT2D eigenvalue weighted by atomic mass is 16.6. The number of amides is 1. The maximum absolute atomic E-state index is 13.1. The lowest BCUT2D eigenvalue weighted by Gasteiger charge is -2.23.